The Bertz CT molecular complexity index is 396. The maximum Gasteiger partial charge on any atom is 0.0489 e. The van der Waals surface area contributed by atoms with Gasteiger partial charge in [0.05, 0.1) is 0 Å². The van der Waals surface area contributed by atoms with Gasteiger partial charge in [-0.3, -0.25) is 4.90 Å². The molecule has 1 saturated carbocycles. The molecular weight excluding hydrogens is 194 g/mol. The fraction of sp³-hybridized carbons (Fsp3) is 0.600. The van der Waals surface area contributed by atoms with Crippen LogP contribution in [-0.2, 0) is 12.0 Å². The molecule has 0 N–H and O–H groups in total. The summed E-state index contributed by atoms with van der Waals surface area (Å²) < 4.78 is 0. The van der Waals surface area contributed by atoms with Gasteiger partial charge in [0.1, 0.15) is 0 Å². The third kappa shape index (κ3) is 1.21. The molecule has 1 aromatic carbocycles. The first-order valence-corrected chi connectivity index (χ1v) is 6.51. The molecule has 2 unspecified atom stereocenters. The van der Waals surface area contributed by atoms with E-state index in [0.717, 1.165) is 5.92 Å². The van der Waals surface area contributed by atoms with Crippen molar-refractivity contribution in [1.29, 1.82) is 0 Å². The Balaban J connectivity index is 2.14. The van der Waals surface area contributed by atoms with Gasteiger partial charge in [-0.25, -0.2) is 0 Å². The molecule has 0 saturated heterocycles. The highest BCUT2D eigenvalue weighted by atomic mass is 15.2. The van der Waals surface area contributed by atoms with Crippen LogP contribution in [0, 0.1) is 5.92 Å². The van der Waals surface area contributed by atoms with Crippen LogP contribution < -0.4 is 0 Å². The molecule has 0 heterocycles. The van der Waals surface area contributed by atoms with Crippen molar-refractivity contribution in [2.24, 2.45) is 5.92 Å². The van der Waals surface area contributed by atoms with E-state index in [0.29, 0.717) is 5.54 Å². The molecule has 86 valence electrons. The van der Waals surface area contributed by atoms with Crippen molar-refractivity contribution in [2.75, 3.05) is 14.1 Å². The largest absolute Gasteiger partial charge is 0.299 e. The van der Waals surface area contributed by atoms with Crippen molar-refractivity contribution < 1.29 is 0 Å². The van der Waals surface area contributed by atoms with Crippen molar-refractivity contribution in [3.63, 3.8) is 0 Å². The van der Waals surface area contributed by atoms with Crippen LogP contribution in [-0.4, -0.2) is 19.0 Å². The molecule has 1 aromatic rings. The monoisotopic (exact) mass is 215 g/mol. The van der Waals surface area contributed by atoms with Gasteiger partial charge in [0, 0.05) is 5.54 Å². The van der Waals surface area contributed by atoms with E-state index in [2.05, 4.69) is 43.3 Å². The van der Waals surface area contributed by atoms with Gasteiger partial charge in [-0.2, -0.15) is 0 Å². The van der Waals surface area contributed by atoms with Gasteiger partial charge in [-0.05, 0) is 50.4 Å². The minimum absolute atomic E-state index is 0.356. The third-order valence-corrected chi connectivity index (χ3v) is 4.78. The van der Waals surface area contributed by atoms with Gasteiger partial charge in [0.25, 0.3) is 0 Å². The van der Waals surface area contributed by atoms with Gasteiger partial charge in [0.2, 0.25) is 0 Å². The predicted octanol–water partition coefficient (Wildman–Crippen LogP) is 3.19. The number of hydrogen-bond acceptors (Lipinski definition) is 1. The fourth-order valence-electron chi connectivity index (χ4n) is 4.07. The Morgan fingerprint density at radius 1 is 1.19 bits per heavy atom. The molecule has 2 aliphatic carbocycles. The average Bonchev–Trinajstić information content (AvgIpc) is 2.64. The Morgan fingerprint density at radius 2 is 2.00 bits per heavy atom. The average molecular weight is 215 g/mol. The summed E-state index contributed by atoms with van der Waals surface area (Å²) in [5.74, 6) is 0.855. The molecule has 0 bridgehead atoms. The van der Waals surface area contributed by atoms with Gasteiger partial charge in [-0.15, -0.1) is 0 Å². The zero-order valence-electron chi connectivity index (χ0n) is 10.4. The van der Waals surface area contributed by atoms with Crippen LogP contribution in [0.25, 0.3) is 0 Å². The minimum Gasteiger partial charge on any atom is -0.299 e. The molecule has 0 spiro atoms. The van der Waals surface area contributed by atoms with E-state index in [9.17, 15) is 0 Å². The Hall–Kier alpha value is -0.820. The topological polar surface area (TPSA) is 3.24 Å². The Kier molecular flexibility index (Phi) is 2.32. The third-order valence-electron chi connectivity index (χ3n) is 4.78. The number of rotatable bonds is 1. The Labute approximate surface area is 98.5 Å². The maximum absolute atomic E-state index is 2.49. The van der Waals surface area contributed by atoms with E-state index < -0.39 is 0 Å². The molecule has 2 atom stereocenters. The van der Waals surface area contributed by atoms with Crippen LogP contribution in [0.4, 0.5) is 0 Å². The van der Waals surface area contributed by atoms with E-state index in [4.69, 9.17) is 0 Å². The first kappa shape index (κ1) is 10.3. The predicted molar refractivity (Wildman–Crippen MR) is 67.5 cm³/mol. The van der Waals surface area contributed by atoms with Crippen molar-refractivity contribution in [2.45, 2.75) is 37.6 Å². The molecule has 0 aromatic heterocycles. The SMILES string of the molecule is CN(C)C12CCCCC1Cc1ccccc12. The van der Waals surface area contributed by atoms with Crippen LogP contribution in [0.3, 0.4) is 0 Å². The summed E-state index contributed by atoms with van der Waals surface area (Å²) in [5, 5.41) is 0. The normalized spacial score (nSPS) is 32.6. The second-order valence-corrected chi connectivity index (χ2v) is 5.62. The van der Waals surface area contributed by atoms with Crippen molar-refractivity contribution in [3.8, 4) is 0 Å². The maximum atomic E-state index is 2.49. The smallest absolute Gasteiger partial charge is 0.0489 e. The summed E-state index contributed by atoms with van der Waals surface area (Å²) in [6, 6.07) is 9.10. The number of fused-ring (bicyclic) bond motifs is 3. The molecule has 1 heteroatoms. The summed E-state index contributed by atoms with van der Waals surface area (Å²) in [4.78, 5) is 2.49. The highest BCUT2D eigenvalue weighted by Crippen LogP contribution is 2.52. The minimum atomic E-state index is 0.356. The molecule has 3 rings (SSSR count). The van der Waals surface area contributed by atoms with Crippen LogP contribution in [0.15, 0.2) is 24.3 Å². The van der Waals surface area contributed by atoms with Gasteiger partial charge in [-0.1, -0.05) is 37.1 Å². The summed E-state index contributed by atoms with van der Waals surface area (Å²) in [6.07, 6.45) is 6.88. The molecular formula is C15H21N. The van der Waals surface area contributed by atoms with E-state index in [1.54, 1.807) is 11.1 Å². The first-order valence-electron chi connectivity index (χ1n) is 6.51. The zero-order chi connectivity index (χ0) is 11.2. The van der Waals surface area contributed by atoms with E-state index >= 15 is 0 Å². The van der Waals surface area contributed by atoms with Gasteiger partial charge >= 0.3 is 0 Å². The lowest BCUT2D eigenvalue weighted by Gasteiger charge is -2.45. The molecule has 2 aliphatic rings. The van der Waals surface area contributed by atoms with Gasteiger partial charge in [0.15, 0.2) is 0 Å². The highest BCUT2D eigenvalue weighted by molar-refractivity contribution is 5.40. The second-order valence-electron chi connectivity index (χ2n) is 5.62. The number of hydrogen-bond donors (Lipinski definition) is 0. The van der Waals surface area contributed by atoms with Crippen molar-refractivity contribution in [3.05, 3.63) is 35.4 Å². The van der Waals surface area contributed by atoms with E-state index in [1.165, 1.54) is 32.1 Å². The van der Waals surface area contributed by atoms with Crippen LogP contribution in [0.5, 0.6) is 0 Å². The number of nitrogens with zero attached hydrogens (tertiary/aromatic N) is 1. The summed E-state index contributed by atoms with van der Waals surface area (Å²) >= 11 is 0. The first-order chi connectivity index (χ1) is 7.75. The van der Waals surface area contributed by atoms with Crippen LogP contribution in [0.1, 0.15) is 36.8 Å². The summed E-state index contributed by atoms with van der Waals surface area (Å²) in [5.41, 5.74) is 3.57. The van der Waals surface area contributed by atoms with Crippen LogP contribution >= 0.6 is 0 Å². The quantitative estimate of drug-likeness (QED) is 0.695. The lowest BCUT2D eigenvalue weighted by atomic mass is 9.72. The fourth-order valence-corrected chi connectivity index (χ4v) is 4.07. The lowest BCUT2D eigenvalue weighted by Crippen LogP contribution is -2.47. The second kappa shape index (κ2) is 3.59. The zero-order valence-corrected chi connectivity index (χ0v) is 10.4. The summed E-state index contributed by atoms with van der Waals surface area (Å²) in [7, 11) is 4.53. The van der Waals surface area contributed by atoms with Crippen LogP contribution in [0.2, 0.25) is 0 Å². The van der Waals surface area contributed by atoms with Gasteiger partial charge < -0.3 is 0 Å². The summed E-state index contributed by atoms with van der Waals surface area (Å²) in [6.45, 7) is 0. The number of benzene rings is 1. The Morgan fingerprint density at radius 3 is 2.81 bits per heavy atom. The highest BCUT2D eigenvalue weighted by Gasteiger charge is 2.48. The molecule has 0 radical (unpaired) electrons. The van der Waals surface area contributed by atoms with E-state index in [-0.39, 0.29) is 0 Å². The molecule has 0 aliphatic heterocycles. The molecule has 1 nitrogen and oxygen atoms in total. The molecule has 0 amide bonds. The standard InChI is InChI=1S/C15H21N/c1-16(2)15-10-6-5-8-13(15)11-12-7-3-4-9-14(12)15/h3-4,7,9,13H,5-6,8,10-11H2,1-2H3. The van der Waals surface area contributed by atoms with Crippen molar-refractivity contribution in [1.82, 2.24) is 4.90 Å². The molecule has 16 heavy (non-hydrogen) atoms. The van der Waals surface area contributed by atoms with Crippen molar-refractivity contribution >= 4 is 0 Å². The van der Waals surface area contributed by atoms with E-state index in [1.807, 2.05) is 0 Å². The molecule has 1 fully saturated rings. The lowest BCUT2D eigenvalue weighted by molar-refractivity contribution is 0.0486.